The predicted octanol–water partition coefficient (Wildman–Crippen LogP) is 3.59. The van der Waals surface area contributed by atoms with E-state index in [2.05, 4.69) is 37.0 Å². The summed E-state index contributed by atoms with van der Waals surface area (Å²) < 4.78 is 1.66. The maximum absolute atomic E-state index is 8.42. The van der Waals surface area contributed by atoms with Crippen LogP contribution in [0.25, 0.3) is 0 Å². The lowest BCUT2D eigenvalue weighted by atomic mass is 10.2. The summed E-state index contributed by atoms with van der Waals surface area (Å²) >= 11 is 12.2. The summed E-state index contributed by atoms with van der Waals surface area (Å²) in [4.78, 5) is 0. The molecule has 1 rings (SSSR count). The number of rotatable bonds is 1. The Balaban J connectivity index is 3.23. The van der Waals surface area contributed by atoms with Crippen molar-refractivity contribution >= 4 is 48.6 Å². The molecule has 0 aliphatic carbocycles. The Hall–Kier alpha value is -0.0600. The molecule has 0 heterocycles. The Morgan fingerprint density at radius 3 is 2.67 bits per heavy atom. The van der Waals surface area contributed by atoms with E-state index in [1.165, 1.54) is 0 Å². The summed E-state index contributed by atoms with van der Waals surface area (Å²) in [6.07, 6.45) is 0. The van der Waals surface area contributed by atoms with E-state index in [1.807, 2.05) is 12.1 Å². The van der Waals surface area contributed by atoms with Gasteiger partial charge >= 0.3 is 0 Å². The molecule has 1 aromatic carbocycles. The summed E-state index contributed by atoms with van der Waals surface area (Å²) in [5.74, 6) is 0. The van der Waals surface area contributed by atoms with Crippen LogP contribution in [0.4, 0.5) is 0 Å². The van der Waals surface area contributed by atoms with Gasteiger partial charge in [-0.2, -0.15) is 0 Å². The SMILES string of the molecule is ON=C(Cl)c1cc(Br)ccc1Br. The summed E-state index contributed by atoms with van der Waals surface area (Å²) in [7, 11) is 0. The van der Waals surface area contributed by atoms with Crippen LogP contribution in [0.15, 0.2) is 32.3 Å². The van der Waals surface area contributed by atoms with E-state index in [1.54, 1.807) is 6.07 Å². The van der Waals surface area contributed by atoms with Crippen LogP contribution in [-0.4, -0.2) is 10.4 Å². The molecule has 0 atom stereocenters. The third-order valence-electron chi connectivity index (χ3n) is 1.24. The van der Waals surface area contributed by atoms with Gasteiger partial charge in [-0.1, -0.05) is 48.6 Å². The fourth-order valence-corrected chi connectivity index (χ4v) is 1.78. The Kier molecular flexibility index (Phi) is 3.55. The molecule has 1 aromatic rings. The normalized spacial score (nSPS) is 11.8. The average molecular weight is 313 g/mol. The van der Waals surface area contributed by atoms with Gasteiger partial charge in [0, 0.05) is 14.5 Å². The minimum Gasteiger partial charge on any atom is -0.410 e. The third kappa shape index (κ3) is 2.21. The van der Waals surface area contributed by atoms with E-state index in [0.29, 0.717) is 5.56 Å². The standard InChI is InChI=1S/C7H4Br2ClNO/c8-4-1-2-6(9)5(3-4)7(10)11-12/h1-3,12H. The van der Waals surface area contributed by atoms with Crippen LogP contribution >= 0.6 is 43.5 Å². The van der Waals surface area contributed by atoms with E-state index < -0.39 is 0 Å². The van der Waals surface area contributed by atoms with Gasteiger partial charge in [0.15, 0.2) is 5.17 Å². The summed E-state index contributed by atoms with van der Waals surface area (Å²) in [5.41, 5.74) is 0.647. The number of hydrogen-bond acceptors (Lipinski definition) is 2. The molecule has 5 heteroatoms. The van der Waals surface area contributed by atoms with Crippen molar-refractivity contribution in [2.45, 2.75) is 0 Å². The molecule has 0 saturated heterocycles. The van der Waals surface area contributed by atoms with E-state index >= 15 is 0 Å². The van der Waals surface area contributed by atoms with Crippen molar-refractivity contribution in [3.63, 3.8) is 0 Å². The highest BCUT2D eigenvalue weighted by molar-refractivity contribution is 9.11. The quantitative estimate of drug-likeness (QED) is 0.480. The summed E-state index contributed by atoms with van der Waals surface area (Å²) in [6.45, 7) is 0. The topological polar surface area (TPSA) is 32.6 Å². The second-order valence-electron chi connectivity index (χ2n) is 2.01. The Morgan fingerprint density at radius 2 is 2.08 bits per heavy atom. The van der Waals surface area contributed by atoms with E-state index in [4.69, 9.17) is 16.8 Å². The number of hydrogen-bond donors (Lipinski definition) is 1. The maximum Gasteiger partial charge on any atom is 0.176 e. The molecule has 1 N–H and O–H groups in total. The molecule has 12 heavy (non-hydrogen) atoms. The lowest BCUT2D eigenvalue weighted by molar-refractivity contribution is 0.321. The van der Waals surface area contributed by atoms with Crippen LogP contribution < -0.4 is 0 Å². The molecule has 0 radical (unpaired) electrons. The first-order valence-electron chi connectivity index (χ1n) is 2.98. The largest absolute Gasteiger partial charge is 0.410 e. The van der Waals surface area contributed by atoms with Crippen molar-refractivity contribution in [1.82, 2.24) is 0 Å². The second kappa shape index (κ2) is 4.25. The van der Waals surface area contributed by atoms with E-state index in [9.17, 15) is 0 Å². The zero-order valence-corrected chi connectivity index (χ0v) is 9.69. The Bertz CT molecular complexity index is 327. The van der Waals surface area contributed by atoms with Crippen molar-refractivity contribution in [3.8, 4) is 0 Å². The molecule has 0 aliphatic heterocycles. The van der Waals surface area contributed by atoms with E-state index in [0.717, 1.165) is 8.95 Å². The number of oxime groups is 1. The van der Waals surface area contributed by atoms with Gasteiger partial charge in [-0.05, 0) is 18.2 Å². The zero-order valence-electron chi connectivity index (χ0n) is 5.76. The fourth-order valence-electron chi connectivity index (χ4n) is 0.709. The average Bonchev–Trinajstić information content (AvgIpc) is 2.08. The minimum absolute atomic E-state index is 0.0585. The van der Waals surface area contributed by atoms with Crippen LogP contribution in [0, 0.1) is 0 Å². The van der Waals surface area contributed by atoms with Gasteiger partial charge in [0.2, 0.25) is 0 Å². The maximum atomic E-state index is 8.42. The van der Waals surface area contributed by atoms with Gasteiger partial charge in [-0.15, -0.1) is 0 Å². The lowest BCUT2D eigenvalue weighted by Crippen LogP contribution is -1.92. The number of benzene rings is 1. The third-order valence-corrected chi connectivity index (χ3v) is 2.70. The van der Waals surface area contributed by atoms with Crippen molar-refractivity contribution < 1.29 is 5.21 Å². The molecule has 64 valence electrons. The van der Waals surface area contributed by atoms with E-state index in [-0.39, 0.29) is 5.17 Å². The summed E-state index contributed by atoms with van der Waals surface area (Å²) in [6, 6.07) is 5.42. The first kappa shape index (κ1) is 10.0. The van der Waals surface area contributed by atoms with Gasteiger partial charge < -0.3 is 5.21 Å². The van der Waals surface area contributed by atoms with Gasteiger partial charge in [-0.3, -0.25) is 0 Å². The first-order valence-corrected chi connectivity index (χ1v) is 4.94. The van der Waals surface area contributed by atoms with Gasteiger partial charge in [0.25, 0.3) is 0 Å². The second-order valence-corrected chi connectivity index (χ2v) is 4.14. The number of nitrogens with zero attached hydrogens (tertiary/aromatic N) is 1. The molecule has 2 nitrogen and oxygen atoms in total. The highest BCUT2D eigenvalue weighted by Crippen LogP contribution is 2.23. The first-order chi connectivity index (χ1) is 5.65. The van der Waals surface area contributed by atoms with Gasteiger partial charge in [0.05, 0.1) is 0 Å². The van der Waals surface area contributed by atoms with Gasteiger partial charge in [0.1, 0.15) is 0 Å². The van der Waals surface area contributed by atoms with Gasteiger partial charge in [-0.25, -0.2) is 0 Å². The Morgan fingerprint density at radius 1 is 1.42 bits per heavy atom. The molecule has 0 amide bonds. The lowest BCUT2D eigenvalue weighted by Gasteiger charge is -2.00. The molecule has 0 spiro atoms. The van der Waals surface area contributed by atoms with Crippen molar-refractivity contribution in [3.05, 3.63) is 32.7 Å². The molecular weight excluding hydrogens is 309 g/mol. The highest BCUT2D eigenvalue weighted by atomic mass is 79.9. The Labute approximate surface area is 91.5 Å². The molecule has 0 bridgehead atoms. The predicted molar refractivity (Wildman–Crippen MR) is 56.0 cm³/mol. The molecule has 0 aromatic heterocycles. The minimum atomic E-state index is 0.0585. The number of halogens is 3. The van der Waals surface area contributed by atoms with Crippen LogP contribution in [-0.2, 0) is 0 Å². The molecular formula is C7H4Br2ClNO. The molecule has 0 aliphatic rings. The van der Waals surface area contributed by atoms with Crippen LogP contribution in [0.2, 0.25) is 0 Å². The molecule has 0 unspecified atom stereocenters. The highest BCUT2D eigenvalue weighted by Gasteiger charge is 2.05. The zero-order chi connectivity index (χ0) is 9.14. The molecule has 0 fully saturated rings. The smallest absolute Gasteiger partial charge is 0.176 e. The summed E-state index contributed by atoms with van der Waals surface area (Å²) in [5, 5.41) is 11.4. The monoisotopic (exact) mass is 311 g/mol. The van der Waals surface area contributed by atoms with Crippen LogP contribution in [0.1, 0.15) is 5.56 Å². The van der Waals surface area contributed by atoms with Crippen molar-refractivity contribution in [2.24, 2.45) is 5.16 Å². The molecule has 0 saturated carbocycles. The van der Waals surface area contributed by atoms with Crippen LogP contribution in [0.3, 0.4) is 0 Å². The fraction of sp³-hybridized carbons (Fsp3) is 0. The van der Waals surface area contributed by atoms with Crippen LogP contribution in [0.5, 0.6) is 0 Å². The van der Waals surface area contributed by atoms with Crippen molar-refractivity contribution in [1.29, 1.82) is 0 Å². The van der Waals surface area contributed by atoms with Crippen molar-refractivity contribution in [2.75, 3.05) is 0 Å².